The molecule has 1 aliphatic carbocycles. The van der Waals surface area contributed by atoms with Crippen LogP contribution in [0.2, 0.25) is 0 Å². The van der Waals surface area contributed by atoms with Crippen molar-refractivity contribution in [1.29, 1.82) is 0 Å². The van der Waals surface area contributed by atoms with Gasteiger partial charge in [0, 0.05) is 41.6 Å². The number of hydrogen-bond donors (Lipinski definition) is 1. The summed E-state index contributed by atoms with van der Waals surface area (Å²) in [6.45, 7) is 5.73. The van der Waals surface area contributed by atoms with Gasteiger partial charge in [-0.1, -0.05) is 72.8 Å². The van der Waals surface area contributed by atoms with E-state index in [1.165, 1.54) is 11.0 Å². The summed E-state index contributed by atoms with van der Waals surface area (Å²) in [6.07, 6.45) is 3.65. The molecule has 3 aromatic carbocycles. The fraction of sp³-hybridized carbons (Fsp3) is 0.139. The zero-order valence-electron chi connectivity index (χ0n) is 23.9. The van der Waals surface area contributed by atoms with Gasteiger partial charge in [-0.3, -0.25) is 14.5 Å². The number of amides is 2. The van der Waals surface area contributed by atoms with Crippen LogP contribution in [-0.2, 0) is 5.54 Å². The van der Waals surface area contributed by atoms with Gasteiger partial charge in [-0.05, 0) is 36.2 Å². The fourth-order valence-corrected chi connectivity index (χ4v) is 6.82. The highest BCUT2D eigenvalue weighted by Crippen LogP contribution is 2.55. The molecule has 1 saturated carbocycles. The number of aliphatic hydroxyl groups is 1. The van der Waals surface area contributed by atoms with E-state index < -0.39 is 11.1 Å². The van der Waals surface area contributed by atoms with E-state index in [1.54, 1.807) is 28.8 Å². The minimum absolute atomic E-state index is 0.168. The first-order valence-electron chi connectivity index (χ1n) is 14.5. The SMILES string of the molecule is C=C[C@]1(O)C[C@](c2ccc(-c3nc4c(cnc5cc(C)nn54)cc3-c3ccccc3)cc2)(N2C(=O)c3ccccc3C2=O)C1. The van der Waals surface area contributed by atoms with Gasteiger partial charge >= 0.3 is 0 Å². The van der Waals surface area contributed by atoms with Crippen LogP contribution in [0.4, 0.5) is 0 Å². The minimum Gasteiger partial charge on any atom is -0.386 e. The summed E-state index contributed by atoms with van der Waals surface area (Å²) in [7, 11) is 0. The largest absolute Gasteiger partial charge is 0.386 e. The number of fused-ring (bicyclic) bond motifs is 4. The number of nitrogens with zero attached hydrogens (tertiary/aromatic N) is 5. The molecule has 44 heavy (non-hydrogen) atoms. The van der Waals surface area contributed by atoms with Crippen molar-refractivity contribution in [3.8, 4) is 22.4 Å². The molecule has 0 atom stereocenters. The molecule has 1 N–H and O–H groups in total. The molecule has 2 amide bonds. The van der Waals surface area contributed by atoms with Crippen LogP contribution in [0.1, 0.15) is 44.8 Å². The van der Waals surface area contributed by atoms with Gasteiger partial charge < -0.3 is 5.11 Å². The van der Waals surface area contributed by atoms with E-state index in [-0.39, 0.29) is 24.7 Å². The van der Waals surface area contributed by atoms with E-state index in [1.807, 2.05) is 73.8 Å². The van der Waals surface area contributed by atoms with Gasteiger partial charge in [-0.25, -0.2) is 9.97 Å². The van der Waals surface area contributed by atoms with E-state index >= 15 is 0 Å². The highest BCUT2D eigenvalue weighted by atomic mass is 16.3. The highest BCUT2D eigenvalue weighted by Gasteiger charge is 2.61. The first-order valence-corrected chi connectivity index (χ1v) is 14.5. The quantitative estimate of drug-likeness (QED) is 0.196. The van der Waals surface area contributed by atoms with Gasteiger partial charge in [0.05, 0.1) is 33.7 Å². The maximum atomic E-state index is 13.6. The third-order valence-electron chi connectivity index (χ3n) is 8.96. The molecule has 6 aromatic rings. The third-order valence-corrected chi connectivity index (χ3v) is 8.96. The predicted molar refractivity (Wildman–Crippen MR) is 167 cm³/mol. The fourth-order valence-electron chi connectivity index (χ4n) is 6.82. The zero-order chi connectivity index (χ0) is 30.2. The number of hydrogen-bond acceptors (Lipinski definition) is 6. The molecule has 214 valence electrons. The van der Waals surface area contributed by atoms with Crippen molar-refractivity contribution in [2.24, 2.45) is 0 Å². The first kappa shape index (κ1) is 26.2. The number of pyridine rings is 1. The number of carbonyl (C=O) groups is 2. The summed E-state index contributed by atoms with van der Waals surface area (Å²) >= 11 is 0. The van der Waals surface area contributed by atoms with Gasteiger partial charge in [-0.15, -0.1) is 6.58 Å². The van der Waals surface area contributed by atoms with Crippen LogP contribution < -0.4 is 0 Å². The molecule has 8 heteroatoms. The monoisotopic (exact) mass is 577 g/mol. The Balaban J connectivity index is 1.27. The van der Waals surface area contributed by atoms with Gasteiger partial charge in [0.25, 0.3) is 11.8 Å². The van der Waals surface area contributed by atoms with E-state index in [4.69, 9.17) is 4.98 Å². The van der Waals surface area contributed by atoms with Crippen LogP contribution in [0, 0.1) is 6.92 Å². The standard InChI is InChI=1S/C36H27N5O3/c1-3-35(44)20-36(21-35,40-33(42)27-11-7-8-12-28(27)34(40)43)26-15-13-24(14-16-26)31-29(23-9-5-4-6-10-23)18-25-19-37-30-17-22(2)39-41(30)32(25)38-31/h3-19,44H,1,20-21H2,2H3/t35-,36-. The molecule has 8 rings (SSSR count). The van der Waals surface area contributed by atoms with Gasteiger partial charge in [0.1, 0.15) is 0 Å². The molecule has 4 heterocycles. The van der Waals surface area contributed by atoms with Crippen LogP contribution in [0.25, 0.3) is 39.1 Å². The summed E-state index contributed by atoms with van der Waals surface area (Å²) in [4.78, 5) is 38.3. The van der Waals surface area contributed by atoms with Crippen molar-refractivity contribution >= 4 is 28.5 Å². The number of aromatic nitrogens is 4. The number of imide groups is 1. The van der Waals surface area contributed by atoms with Crippen molar-refractivity contribution in [3.05, 3.63) is 132 Å². The lowest BCUT2D eigenvalue weighted by Crippen LogP contribution is -2.63. The molecule has 0 unspecified atom stereocenters. The molecule has 0 bridgehead atoms. The number of rotatable bonds is 5. The van der Waals surface area contributed by atoms with E-state index in [0.717, 1.165) is 44.7 Å². The molecule has 8 nitrogen and oxygen atoms in total. The van der Waals surface area contributed by atoms with Crippen LogP contribution in [0.3, 0.4) is 0 Å². The predicted octanol–water partition coefficient (Wildman–Crippen LogP) is 6.12. The van der Waals surface area contributed by atoms with Crippen molar-refractivity contribution in [2.45, 2.75) is 30.9 Å². The molecule has 0 radical (unpaired) electrons. The summed E-state index contributed by atoms with van der Waals surface area (Å²) in [5, 5.41) is 16.6. The smallest absolute Gasteiger partial charge is 0.262 e. The second kappa shape index (κ2) is 9.26. The Morgan fingerprint density at radius 3 is 2.16 bits per heavy atom. The van der Waals surface area contributed by atoms with Crippen LogP contribution in [0.5, 0.6) is 0 Å². The van der Waals surface area contributed by atoms with Crippen molar-refractivity contribution in [1.82, 2.24) is 24.5 Å². The molecular formula is C36H27N5O3. The van der Waals surface area contributed by atoms with Crippen LogP contribution >= 0.6 is 0 Å². The number of aryl methyl sites for hydroxylation is 1. The van der Waals surface area contributed by atoms with Crippen LogP contribution in [0.15, 0.2) is 110 Å². The van der Waals surface area contributed by atoms with E-state index in [0.29, 0.717) is 16.8 Å². The Bertz CT molecular complexity index is 2130. The number of carbonyl (C=O) groups excluding carboxylic acids is 2. The lowest BCUT2D eigenvalue weighted by molar-refractivity contribution is -0.0989. The molecular weight excluding hydrogens is 550 g/mol. The van der Waals surface area contributed by atoms with Crippen molar-refractivity contribution < 1.29 is 14.7 Å². The maximum absolute atomic E-state index is 13.6. The second-order valence-electron chi connectivity index (χ2n) is 11.7. The van der Waals surface area contributed by atoms with E-state index in [9.17, 15) is 14.7 Å². The second-order valence-corrected chi connectivity index (χ2v) is 11.7. The Kier molecular flexibility index (Phi) is 5.51. The lowest BCUT2D eigenvalue weighted by atomic mass is 9.60. The Morgan fingerprint density at radius 1 is 0.841 bits per heavy atom. The summed E-state index contributed by atoms with van der Waals surface area (Å²) < 4.78 is 1.76. The Hall–Kier alpha value is -5.47. The average molecular weight is 578 g/mol. The van der Waals surface area contributed by atoms with E-state index in [2.05, 4.69) is 22.7 Å². The summed E-state index contributed by atoms with van der Waals surface area (Å²) in [5.41, 5.74) is 5.16. The van der Waals surface area contributed by atoms with Gasteiger partial charge in [-0.2, -0.15) is 9.61 Å². The highest BCUT2D eigenvalue weighted by molar-refractivity contribution is 6.22. The summed E-state index contributed by atoms with van der Waals surface area (Å²) in [6, 6.07) is 28.7. The molecule has 1 fully saturated rings. The molecule has 2 aliphatic rings. The lowest BCUT2D eigenvalue weighted by Gasteiger charge is -2.55. The van der Waals surface area contributed by atoms with Gasteiger partial charge in [0.15, 0.2) is 11.3 Å². The molecule has 0 spiro atoms. The topological polar surface area (TPSA) is 101 Å². The average Bonchev–Trinajstić information content (AvgIpc) is 3.55. The first-order chi connectivity index (χ1) is 21.3. The molecule has 0 saturated heterocycles. The van der Waals surface area contributed by atoms with Gasteiger partial charge in [0.2, 0.25) is 0 Å². The molecule has 1 aliphatic heterocycles. The third kappa shape index (κ3) is 3.71. The maximum Gasteiger partial charge on any atom is 0.262 e. The Morgan fingerprint density at radius 2 is 1.50 bits per heavy atom. The Labute approximate surface area is 252 Å². The zero-order valence-corrected chi connectivity index (χ0v) is 23.9. The summed E-state index contributed by atoms with van der Waals surface area (Å²) in [5.74, 6) is -0.703. The molecule has 3 aromatic heterocycles. The van der Waals surface area contributed by atoms with Crippen LogP contribution in [-0.4, -0.2) is 47.0 Å². The number of benzene rings is 3. The normalized spacial score (nSPS) is 21.1. The minimum atomic E-state index is -1.18. The van der Waals surface area contributed by atoms with Crippen molar-refractivity contribution in [3.63, 3.8) is 0 Å². The van der Waals surface area contributed by atoms with Crippen molar-refractivity contribution in [2.75, 3.05) is 0 Å².